The number of aryl methyl sites for hydroxylation is 1. The van der Waals surface area contributed by atoms with Crippen LogP contribution in [0.15, 0.2) is 9.85 Å². The van der Waals surface area contributed by atoms with Crippen LogP contribution in [0.25, 0.3) is 0 Å². The van der Waals surface area contributed by atoms with Gasteiger partial charge in [0.1, 0.15) is 0 Å². The van der Waals surface area contributed by atoms with E-state index in [1.54, 1.807) is 0 Å². The highest BCUT2D eigenvalue weighted by Crippen LogP contribution is 2.62. The molecule has 1 heterocycles. The number of alkyl halides is 1. The Morgan fingerprint density at radius 1 is 1.57 bits per heavy atom. The first kappa shape index (κ1) is 11.2. The van der Waals surface area contributed by atoms with Crippen LogP contribution in [0.1, 0.15) is 41.5 Å². The molecule has 0 aromatic carbocycles. The van der Waals surface area contributed by atoms with E-state index in [1.807, 2.05) is 11.3 Å². The lowest BCUT2D eigenvalue weighted by Gasteiger charge is -2.18. The third-order valence-corrected chi connectivity index (χ3v) is 7.23. The fourth-order valence-electron chi connectivity index (χ4n) is 1.86. The molecule has 0 radical (unpaired) electrons. The third kappa shape index (κ3) is 1.83. The SMILES string of the molecule is CCC1(C(Br)c2cc(C)c(Br)s2)CC1. The van der Waals surface area contributed by atoms with Crippen molar-refractivity contribution in [2.24, 2.45) is 5.41 Å². The molecule has 0 aliphatic heterocycles. The summed E-state index contributed by atoms with van der Waals surface area (Å²) < 4.78 is 1.28. The summed E-state index contributed by atoms with van der Waals surface area (Å²) in [6.07, 6.45) is 4.06. The van der Waals surface area contributed by atoms with E-state index in [9.17, 15) is 0 Å². The molecule has 1 fully saturated rings. The maximum Gasteiger partial charge on any atom is 0.0730 e. The molecule has 0 amide bonds. The maximum atomic E-state index is 3.87. The highest BCUT2D eigenvalue weighted by atomic mass is 79.9. The van der Waals surface area contributed by atoms with Crippen molar-refractivity contribution in [2.45, 2.75) is 37.9 Å². The van der Waals surface area contributed by atoms with E-state index in [2.05, 4.69) is 51.8 Å². The van der Waals surface area contributed by atoms with Crippen molar-refractivity contribution >= 4 is 43.2 Å². The van der Waals surface area contributed by atoms with Crippen LogP contribution in [0.5, 0.6) is 0 Å². The summed E-state index contributed by atoms with van der Waals surface area (Å²) in [4.78, 5) is 2.05. The van der Waals surface area contributed by atoms with E-state index in [0.717, 1.165) is 0 Å². The van der Waals surface area contributed by atoms with Gasteiger partial charge in [0.25, 0.3) is 0 Å². The van der Waals surface area contributed by atoms with E-state index < -0.39 is 0 Å². The van der Waals surface area contributed by atoms with Crippen molar-refractivity contribution in [3.63, 3.8) is 0 Å². The molecule has 78 valence electrons. The average molecular weight is 338 g/mol. The van der Waals surface area contributed by atoms with Crippen molar-refractivity contribution in [3.05, 3.63) is 20.3 Å². The van der Waals surface area contributed by atoms with Gasteiger partial charge in [0.2, 0.25) is 0 Å². The Morgan fingerprint density at radius 2 is 2.21 bits per heavy atom. The van der Waals surface area contributed by atoms with Crippen molar-refractivity contribution in [3.8, 4) is 0 Å². The van der Waals surface area contributed by atoms with Crippen LogP contribution >= 0.6 is 43.2 Å². The fraction of sp³-hybridized carbons (Fsp3) is 0.636. The Kier molecular flexibility index (Phi) is 3.12. The minimum atomic E-state index is 0.565. The molecular formula is C11H14Br2S. The van der Waals surface area contributed by atoms with Gasteiger partial charge in [0.05, 0.1) is 8.61 Å². The predicted molar refractivity (Wildman–Crippen MR) is 70.4 cm³/mol. The van der Waals surface area contributed by atoms with E-state index >= 15 is 0 Å². The Hall–Kier alpha value is 0.660. The molecule has 0 nitrogen and oxygen atoms in total. The Morgan fingerprint density at radius 3 is 2.57 bits per heavy atom. The summed E-state index contributed by atoms with van der Waals surface area (Å²) in [7, 11) is 0. The Labute approximate surface area is 106 Å². The first-order valence-corrected chi connectivity index (χ1v) is 7.51. The van der Waals surface area contributed by atoms with E-state index in [1.165, 1.54) is 33.5 Å². The molecule has 1 atom stereocenters. The van der Waals surface area contributed by atoms with Crippen LogP contribution in [-0.2, 0) is 0 Å². The lowest BCUT2D eigenvalue weighted by atomic mass is 9.98. The molecule has 3 heteroatoms. The number of hydrogen-bond acceptors (Lipinski definition) is 1. The van der Waals surface area contributed by atoms with Gasteiger partial charge in [-0.3, -0.25) is 0 Å². The summed E-state index contributed by atoms with van der Waals surface area (Å²) in [5.41, 5.74) is 1.93. The summed E-state index contributed by atoms with van der Waals surface area (Å²) in [5, 5.41) is 0. The molecule has 1 aliphatic carbocycles. The quantitative estimate of drug-likeness (QED) is 0.644. The minimum absolute atomic E-state index is 0.565. The average Bonchev–Trinajstić information content (AvgIpc) is 2.90. The van der Waals surface area contributed by atoms with Crippen molar-refractivity contribution < 1.29 is 0 Å². The van der Waals surface area contributed by atoms with Gasteiger partial charge in [-0.2, -0.15) is 0 Å². The summed E-state index contributed by atoms with van der Waals surface area (Å²) in [5.74, 6) is 0. The summed E-state index contributed by atoms with van der Waals surface area (Å²) in [6, 6.07) is 2.31. The molecule has 2 rings (SSSR count). The molecular weight excluding hydrogens is 324 g/mol. The van der Waals surface area contributed by atoms with Gasteiger partial charge in [-0.05, 0) is 59.2 Å². The van der Waals surface area contributed by atoms with E-state index in [4.69, 9.17) is 0 Å². The molecule has 1 aliphatic rings. The van der Waals surface area contributed by atoms with E-state index in [0.29, 0.717) is 10.2 Å². The van der Waals surface area contributed by atoms with Gasteiger partial charge < -0.3 is 0 Å². The largest absolute Gasteiger partial charge is 0.132 e. The topological polar surface area (TPSA) is 0 Å². The zero-order valence-electron chi connectivity index (χ0n) is 8.44. The monoisotopic (exact) mass is 336 g/mol. The highest BCUT2D eigenvalue weighted by molar-refractivity contribution is 9.11. The van der Waals surface area contributed by atoms with Crippen LogP contribution in [0.3, 0.4) is 0 Å². The molecule has 1 saturated carbocycles. The lowest BCUT2D eigenvalue weighted by Crippen LogP contribution is -2.05. The predicted octanol–water partition coefficient (Wildman–Crippen LogP) is 5.45. The molecule has 0 bridgehead atoms. The van der Waals surface area contributed by atoms with Crippen molar-refractivity contribution in [1.29, 1.82) is 0 Å². The van der Waals surface area contributed by atoms with Gasteiger partial charge in [0.15, 0.2) is 0 Å². The van der Waals surface area contributed by atoms with Gasteiger partial charge in [0, 0.05) is 4.88 Å². The van der Waals surface area contributed by atoms with Gasteiger partial charge >= 0.3 is 0 Å². The van der Waals surface area contributed by atoms with Crippen LogP contribution in [0.2, 0.25) is 0 Å². The standard InChI is InChI=1S/C11H14Br2S/c1-3-11(4-5-11)9(12)8-6-7(2)10(13)14-8/h6,9H,3-5H2,1-2H3. The zero-order chi connectivity index (χ0) is 10.3. The Bertz CT molecular complexity index is 320. The number of thiophene rings is 1. The van der Waals surface area contributed by atoms with Gasteiger partial charge in [-0.25, -0.2) is 0 Å². The van der Waals surface area contributed by atoms with Crippen LogP contribution < -0.4 is 0 Å². The number of halogens is 2. The number of hydrogen-bond donors (Lipinski definition) is 0. The van der Waals surface area contributed by atoms with Gasteiger partial charge in [-0.15, -0.1) is 11.3 Å². The zero-order valence-corrected chi connectivity index (χ0v) is 12.4. The first-order chi connectivity index (χ1) is 6.59. The first-order valence-electron chi connectivity index (χ1n) is 4.99. The van der Waals surface area contributed by atoms with Crippen molar-refractivity contribution in [2.75, 3.05) is 0 Å². The summed E-state index contributed by atoms with van der Waals surface area (Å²) >= 11 is 9.33. The van der Waals surface area contributed by atoms with E-state index in [-0.39, 0.29) is 0 Å². The van der Waals surface area contributed by atoms with Crippen LogP contribution in [-0.4, -0.2) is 0 Å². The molecule has 0 saturated heterocycles. The molecule has 0 N–H and O–H groups in total. The fourth-order valence-corrected chi connectivity index (χ4v) is 4.74. The number of rotatable bonds is 3. The second kappa shape index (κ2) is 3.91. The Balaban J connectivity index is 2.23. The smallest absolute Gasteiger partial charge is 0.0730 e. The molecule has 1 aromatic heterocycles. The molecule has 1 unspecified atom stereocenters. The second-order valence-corrected chi connectivity index (χ2v) is 7.50. The van der Waals surface area contributed by atoms with Crippen LogP contribution in [0.4, 0.5) is 0 Å². The van der Waals surface area contributed by atoms with Gasteiger partial charge in [-0.1, -0.05) is 22.9 Å². The maximum absolute atomic E-state index is 3.87. The molecule has 1 aromatic rings. The molecule has 0 spiro atoms. The summed E-state index contributed by atoms with van der Waals surface area (Å²) in [6.45, 7) is 4.46. The molecule has 14 heavy (non-hydrogen) atoms. The second-order valence-electron chi connectivity index (χ2n) is 4.18. The highest BCUT2D eigenvalue weighted by Gasteiger charge is 2.47. The lowest BCUT2D eigenvalue weighted by molar-refractivity contribution is 0.488. The third-order valence-electron chi connectivity index (χ3n) is 3.26. The van der Waals surface area contributed by atoms with Crippen molar-refractivity contribution in [1.82, 2.24) is 0 Å². The minimum Gasteiger partial charge on any atom is -0.132 e. The van der Waals surface area contributed by atoms with Crippen LogP contribution in [0, 0.1) is 12.3 Å². The normalized spacial score (nSPS) is 20.9.